The van der Waals surface area contributed by atoms with Crippen molar-refractivity contribution in [3.8, 4) is 0 Å². The second-order valence-electron chi connectivity index (χ2n) is 4.57. The van der Waals surface area contributed by atoms with Gasteiger partial charge in [-0.15, -0.1) is 0 Å². The molecule has 74 valence electrons. The van der Waals surface area contributed by atoms with Gasteiger partial charge in [0, 0.05) is 6.42 Å². The fourth-order valence-electron chi connectivity index (χ4n) is 1.05. The van der Waals surface area contributed by atoms with Crippen LogP contribution in [0.3, 0.4) is 0 Å². The Balaban J connectivity index is 2.70. The lowest BCUT2D eigenvalue weighted by Crippen LogP contribution is -2.09. The topological polar surface area (TPSA) is 46.3 Å². The predicted octanol–water partition coefficient (Wildman–Crippen LogP) is 2.32. The van der Waals surface area contributed by atoms with E-state index in [1.54, 1.807) is 13.1 Å². The molecule has 0 amide bonds. The molecule has 1 aromatic rings. The molecule has 1 heterocycles. The van der Waals surface area contributed by atoms with Crippen LogP contribution in [0.4, 0.5) is 0 Å². The standard InChI is InChI=1S/C10H17NO2/c1-7(12)8-6-11-9(13-8)5-10(2,3)4/h6-7,12H,5H2,1-4H3. The number of oxazole rings is 1. The molecular formula is C10H17NO2. The van der Waals surface area contributed by atoms with E-state index in [4.69, 9.17) is 4.42 Å². The molecule has 1 aromatic heterocycles. The van der Waals surface area contributed by atoms with Gasteiger partial charge < -0.3 is 9.52 Å². The lowest BCUT2D eigenvalue weighted by atomic mass is 9.92. The molecule has 0 aromatic carbocycles. The number of nitrogens with zero attached hydrogens (tertiary/aromatic N) is 1. The summed E-state index contributed by atoms with van der Waals surface area (Å²) in [5, 5.41) is 9.20. The summed E-state index contributed by atoms with van der Waals surface area (Å²) in [6, 6.07) is 0. The molecule has 0 aliphatic rings. The Labute approximate surface area is 78.8 Å². The zero-order chi connectivity index (χ0) is 10.1. The van der Waals surface area contributed by atoms with Crippen LogP contribution in [-0.2, 0) is 6.42 Å². The third-order valence-corrected chi connectivity index (χ3v) is 1.66. The Bertz CT molecular complexity index is 271. The number of aliphatic hydroxyl groups excluding tert-OH is 1. The summed E-state index contributed by atoms with van der Waals surface area (Å²) in [5.74, 6) is 1.24. The van der Waals surface area contributed by atoms with Crippen LogP contribution in [0.15, 0.2) is 10.6 Å². The quantitative estimate of drug-likeness (QED) is 0.765. The van der Waals surface area contributed by atoms with Gasteiger partial charge in [0.05, 0.1) is 6.20 Å². The molecule has 3 nitrogen and oxygen atoms in total. The molecule has 0 radical (unpaired) electrons. The van der Waals surface area contributed by atoms with Gasteiger partial charge in [-0.2, -0.15) is 0 Å². The molecule has 0 aliphatic carbocycles. The van der Waals surface area contributed by atoms with E-state index in [1.165, 1.54) is 0 Å². The van der Waals surface area contributed by atoms with Crippen molar-refractivity contribution in [3.63, 3.8) is 0 Å². The molecule has 13 heavy (non-hydrogen) atoms. The molecule has 0 aliphatic heterocycles. The predicted molar refractivity (Wildman–Crippen MR) is 50.3 cm³/mol. The summed E-state index contributed by atoms with van der Waals surface area (Å²) in [6.45, 7) is 8.04. The largest absolute Gasteiger partial charge is 0.443 e. The second-order valence-corrected chi connectivity index (χ2v) is 4.57. The van der Waals surface area contributed by atoms with Gasteiger partial charge in [0.25, 0.3) is 0 Å². The maximum Gasteiger partial charge on any atom is 0.195 e. The van der Waals surface area contributed by atoms with E-state index in [9.17, 15) is 5.11 Å². The van der Waals surface area contributed by atoms with E-state index < -0.39 is 6.10 Å². The van der Waals surface area contributed by atoms with Crippen molar-refractivity contribution < 1.29 is 9.52 Å². The van der Waals surface area contributed by atoms with E-state index in [1.807, 2.05) is 0 Å². The van der Waals surface area contributed by atoms with Gasteiger partial charge in [0.2, 0.25) is 0 Å². The lowest BCUT2D eigenvalue weighted by Gasteiger charge is -2.14. The Kier molecular flexibility index (Phi) is 2.76. The van der Waals surface area contributed by atoms with E-state index in [0.29, 0.717) is 11.7 Å². The van der Waals surface area contributed by atoms with Crippen LogP contribution in [0.25, 0.3) is 0 Å². The van der Waals surface area contributed by atoms with E-state index in [0.717, 1.165) is 6.42 Å². The highest BCUT2D eigenvalue weighted by Crippen LogP contribution is 2.21. The van der Waals surface area contributed by atoms with Gasteiger partial charge in [-0.1, -0.05) is 20.8 Å². The van der Waals surface area contributed by atoms with Crippen molar-refractivity contribution in [2.75, 3.05) is 0 Å². The SMILES string of the molecule is CC(O)c1cnc(CC(C)(C)C)o1. The van der Waals surface area contributed by atoms with Crippen LogP contribution in [0.5, 0.6) is 0 Å². The van der Waals surface area contributed by atoms with Crippen LogP contribution < -0.4 is 0 Å². The van der Waals surface area contributed by atoms with Crippen LogP contribution in [0.2, 0.25) is 0 Å². The summed E-state index contributed by atoms with van der Waals surface area (Å²) in [7, 11) is 0. The van der Waals surface area contributed by atoms with E-state index in [-0.39, 0.29) is 5.41 Å². The normalized spacial score (nSPS) is 14.5. The Morgan fingerprint density at radius 2 is 2.15 bits per heavy atom. The second kappa shape index (κ2) is 3.50. The van der Waals surface area contributed by atoms with Crippen LogP contribution in [0, 0.1) is 5.41 Å². The third-order valence-electron chi connectivity index (χ3n) is 1.66. The molecule has 0 spiro atoms. The zero-order valence-electron chi connectivity index (χ0n) is 8.66. The highest BCUT2D eigenvalue weighted by atomic mass is 16.4. The summed E-state index contributed by atoms with van der Waals surface area (Å²) >= 11 is 0. The lowest BCUT2D eigenvalue weighted by molar-refractivity contribution is 0.165. The number of hydrogen-bond donors (Lipinski definition) is 1. The highest BCUT2D eigenvalue weighted by Gasteiger charge is 2.16. The van der Waals surface area contributed by atoms with Gasteiger partial charge >= 0.3 is 0 Å². The van der Waals surface area contributed by atoms with Crippen LogP contribution in [0.1, 0.15) is 45.4 Å². The smallest absolute Gasteiger partial charge is 0.195 e. The van der Waals surface area contributed by atoms with Crippen molar-refractivity contribution >= 4 is 0 Å². The fourth-order valence-corrected chi connectivity index (χ4v) is 1.05. The minimum absolute atomic E-state index is 0.167. The van der Waals surface area contributed by atoms with Crippen molar-refractivity contribution in [3.05, 3.63) is 17.8 Å². The average Bonchev–Trinajstić information content (AvgIpc) is 2.31. The molecule has 0 saturated carbocycles. The van der Waals surface area contributed by atoms with Crippen molar-refractivity contribution in [1.82, 2.24) is 4.98 Å². The van der Waals surface area contributed by atoms with Gasteiger partial charge in [0.15, 0.2) is 11.7 Å². The Morgan fingerprint density at radius 1 is 1.54 bits per heavy atom. The maximum absolute atomic E-state index is 9.20. The van der Waals surface area contributed by atoms with Gasteiger partial charge in [-0.05, 0) is 12.3 Å². The van der Waals surface area contributed by atoms with Crippen molar-refractivity contribution in [1.29, 1.82) is 0 Å². The van der Waals surface area contributed by atoms with Crippen molar-refractivity contribution in [2.45, 2.75) is 40.2 Å². The Morgan fingerprint density at radius 3 is 2.54 bits per heavy atom. The summed E-state index contributed by atoms with van der Waals surface area (Å²) in [5.41, 5.74) is 0.167. The van der Waals surface area contributed by atoms with Crippen LogP contribution in [-0.4, -0.2) is 10.1 Å². The molecule has 0 bridgehead atoms. The molecule has 1 N–H and O–H groups in total. The Hall–Kier alpha value is -0.830. The van der Waals surface area contributed by atoms with Crippen molar-refractivity contribution in [2.24, 2.45) is 5.41 Å². The molecule has 1 rings (SSSR count). The van der Waals surface area contributed by atoms with Gasteiger partial charge in [0.1, 0.15) is 6.10 Å². The molecule has 1 atom stereocenters. The number of aromatic nitrogens is 1. The van der Waals surface area contributed by atoms with E-state index in [2.05, 4.69) is 25.8 Å². The third kappa shape index (κ3) is 3.19. The van der Waals surface area contributed by atoms with E-state index >= 15 is 0 Å². The zero-order valence-corrected chi connectivity index (χ0v) is 8.66. The number of aliphatic hydroxyl groups is 1. The first-order valence-electron chi connectivity index (χ1n) is 4.51. The monoisotopic (exact) mass is 183 g/mol. The first kappa shape index (κ1) is 10.3. The van der Waals surface area contributed by atoms with Crippen LogP contribution >= 0.6 is 0 Å². The number of hydrogen-bond acceptors (Lipinski definition) is 3. The maximum atomic E-state index is 9.20. The molecule has 0 saturated heterocycles. The average molecular weight is 183 g/mol. The minimum atomic E-state index is -0.568. The summed E-state index contributed by atoms with van der Waals surface area (Å²) in [6.07, 6.45) is 1.81. The minimum Gasteiger partial charge on any atom is -0.443 e. The van der Waals surface area contributed by atoms with Gasteiger partial charge in [-0.25, -0.2) is 4.98 Å². The molecule has 3 heteroatoms. The first-order chi connectivity index (χ1) is 5.88. The fraction of sp³-hybridized carbons (Fsp3) is 0.700. The molecule has 1 unspecified atom stereocenters. The molecule has 0 fully saturated rings. The first-order valence-corrected chi connectivity index (χ1v) is 4.51. The van der Waals surface area contributed by atoms with Gasteiger partial charge in [-0.3, -0.25) is 0 Å². The summed E-state index contributed by atoms with van der Waals surface area (Å²) in [4.78, 5) is 4.10. The molecular weight excluding hydrogens is 166 g/mol. The summed E-state index contributed by atoms with van der Waals surface area (Å²) < 4.78 is 5.36. The highest BCUT2D eigenvalue weighted by molar-refractivity contribution is 4.98. The number of rotatable bonds is 2.